The van der Waals surface area contributed by atoms with E-state index in [0.29, 0.717) is 0 Å². The molecule has 0 spiro atoms. The Hall–Kier alpha value is -2.69. The highest BCUT2D eigenvalue weighted by molar-refractivity contribution is 5.91. The standard InChI is InChI=1S/C22H30O5/c1-15(2)7-5-8-16(3)9-6-10-17(4)11-12-27-22(26)18-13-19(23)21(25)20(24)14-18/h7,9,11,13-14,23-25H,5-6,8,10,12H2,1-4H3/b16-9+,17-11+. The van der Waals surface area contributed by atoms with E-state index in [0.717, 1.165) is 43.4 Å². The first-order valence-corrected chi connectivity index (χ1v) is 9.07. The van der Waals surface area contributed by atoms with E-state index in [4.69, 9.17) is 4.74 Å². The van der Waals surface area contributed by atoms with Gasteiger partial charge < -0.3 is 20.1 Å². The normalized spacial score (nSPS) is 12.0. The van der Waals surface area contributed by atoms with Crippen molar-refractivity contribution >= 4 is 5.97 Å². The van der Waals surface area contributed by atoms with Crippen LogP contribution in [-0.2, 0) is 4.74 Å². The van der Waals surface area contributed by atoms with Gasteiger partial charge in [-0.2, -0.15) is 0 Å². The fourth-order valence-electron chi connectivity index (χ4n) is 2.40. The average molecular weight is 374 g/mol. The summed E-state index contributed by atoms with van der Waals surface area (Å²) in [5, 5.41) is 28.1. The molecule has 0 heterocycles. The number of carbonyl (C=O) groups is 1. The minimum atomic E-state index is -0.681. The van der Waals surface area contributed by atoms with Crippen molar-refractivity contribution < 1.29 is 24.9 Å². The SMILES string of the molecule is CC(C)=CCC/C(C)=C/CC/C(C)=C/COC(=O)c1cc(O)c(O)c(O)c1. The van der Waals surface area contributed by atoms with Crippen LogP contribution in [0.2, 0.25) is 0 Å². The van der Waals surface area contributed by atoms with Crippen LogP contribution >= 0.6 is 0 Å². The number of aromatic hydroxyl groups is 3. The number of carbonyl (C=O) groups excluding carboxylic acids is 1. The van der Waals surface area contributed by atoms with Crippen LogP contribution in [0.5, 0.6) is 17.2 Å². The number of hydrogen-bond acceptors (Lipinski definition) is 5. The quantitative estimate of drug-likeness (QED) is 0.307. The van der Waals surface area contributed by atoms with E-state index < -0.39 is 23.2 Å². The van der Waals surface area contributed by atoms with Gasteiger partial charge in [0.1, 0.15) is 6.61 Å². The smallest absolute Gasteiger partial charge is 0.338 e. The third kappa shape index (κ3) is 8.49. The summed E-state index contributed by atoms with van der Waals surface area (Å²) >= 11 is 0. The summed E-state index contributed by atoms with van der Waals surface area (Å²) in [6.45, 7) is 8.44. The van der Waals surface area contributed by atoms with Crippen molar-refractivity contribution in [3.05, 3.63) is 52.6 Å². The summed E-state index contributed by atoms with van der Waals surface area (Å²) in [5.41, 5.74) is 3.81. The van der Waals surface area contributed by atoms with E-state index in [9.17, 15) is 20.1 Å². The zero-order chi connectivity index (χ0) is 20.4. The van der Waals surface area contributed by atoms with Crippen LogP contribution in [0.4, 0.5) is 0 Å². The van der Waals surface area contributed by atoms with Crippen molar-refractivity contribution in [1.82, 2.24) is 0 Å². The van der Waals surface area contributed by atoms with E-state index in [1.165, 1.54) is 11.1 Å². The number of phenols is 3. The largest absolute Gasteiger partial charge is 0.504 e. The van der Waals surface area contributed by atoms with Gasteiger partial charge in [-0.1, -0.05) is 28.9 Å². The first-order valence-electron chi connectivity index (χ1n) is 9.07. The number of ether oxygens (including phenoxy) is 1. The Morgan fingerprint density at radius 3 is 1.96 bits per heavy atom. The molecule has 0 aliphatic rings. The molecule has 0 radical (unpaired) electrons. The Morgan fingerprint density at radius 2 is 1.41 bits per heavy atom. The first kappa shape index (κ1) is 22.4. The van der Waals surface area contributed by atoms with Gasteiger partial charge in [0, 0.05) is 0 Å². The summed E-state index contributed by atoms with van der Waals surface area (Å²) < 4.78 is 5.11. The molecule has 5 nitrogen and oxygen atoms in total. The van der Waals surface area contributed by atoms with Crippen LogP contribution in [0.15, 0.2) is 47.1 Å². The Labute approximate surface area is 161 Å². The molecule has 0 atom stereocenters. The number of hydrogen-bond donors (Lipinski definition) is 3. The molecule has 3 N–H and O–H groups in total. The second-order valence-corrected chi connectivity index (χ2v) is 6.92. The van der Waals surface area contributed by atoms with Gasteiger partial charge >= 0.3 is 5.97 Å². The van der Waals surface area contributed by atoms with Crippen LogP contribution in [0.25, 0.3) is 0 Å². The second-order valence-electron chi connectivity index (χ2n) is 6.92. The fraction of sp³-hybridized carbons (Fsp3) is 0.409. The molecule has 0 saturated heterocycles. The van der Waals surface area contributed by atoms with Crippen molar-refractivity contribution in [3.63, 3.8) is 0 Å². The number of allylic oxidation sites excluding steroid dienone is 5. The maximum atomic E-state index is 11.9. The number of rotatable bonds is 9. The van der Waals surface area contributed by atoms with E-state index in [2.05, 4.69) is 32.9 Å². The Kier molecular flexibility index (Phi) is 9.20. The van der Waals surface area contributed by atoms with Gasteiger partial charge in [-0.25, -0.2) is 4.79 Å². The predicted molar refractivity (Wildman–Crippen MR) is 107 cm³/mol. The van der Waals surface area contributed by atoms with E-state index in [-0.39, 0.29) is 12.2 Å². The third-order valence-corrected chi connectivity index (χ3v) is 4.07. The monoisotopic (exact) mass is 374 g/mol. The molecule has 148 valence electrons. The molecular formula is C22H30O5. The number of esters is 1. The fourth-order valence-corrected chi connectivity index (χ4v) is 2.40. The predicted octanol–water partition coefficient (Wildman–Crippen LogP) is 5.38. The molecule has 0 bridgehead atoms. The zero-order valence-electron chi connectivity index (χ0n) is 16.6. The topological polar surface area (TPSA) is 87.0 Å². The maximum absolute atomic E-state index is 11.9. The van der Waals surface area contributed by atoms with Crippen LogP contribution in [-0.4, -0.2) is 27.9 Å². The molecule has 0 aliphatic heterocycles. The minimum absolute atomic E-state index is 0.0243. The van der Waals surface area contributed by atoms with Crippen molar-refractivity contribution in [3.8, 4) is 17.2 Å². The zero-order valence-corrected chi connectivity index (χ0v) is 16.6. The molecule has 0 aliphatic carbocycles. The van der Waals surface area contributed by atoms with Crippen molar-refractivity contribution in [2.75, 3.05) is 6.61 Å². The van der Waals surface area contributed by atoms with Gasteiger partial charge in [0.05, 0.1) is 5.56 Å². The third-order valence-electron chi connectivity index (χ3n) is 4.07. The molecule has 0 fully saturated rings. The summed E-state index contributed by atoms with van der Waals surface area (Å²) in [5.74, 6) is -2.48. The molecule has 1 rings (SSSR count). The number of phenolic OH excluding ortho intramolecular Hbond substituents is 3. The summed E-state index contributed by atoms with van der Waals surface area (Å²) in [6.07, 6.45) is 10.3. The van der Waals surface area contributed by atoms with Gasteiger partial charge in [-0.05, 0) is 71.6 Å². The van der Waals surface area contributed by atoms with Crippen LogP contribution in [0.3, 0.4) is 0 Å². The molecule has 0 unspecified atom stereocenters. The second kappa shape index (κ2) is 11.1. The molecule has 0 saturated carbocycles. The lowest BCUT2D eigenvalue weighted by molar-refractivity contribution is 0.0548. The van der Waals surface area contributed by atoms with Crippen LogP contribution < -0.4 is 0 Å². The lowest BCUT2D eigenvalue weighted by atomic mass is 10.1. The van der Waals surface area contributed by atoms with Crippen LogP contribution in [0.1, 0.15) is 63.7 Å². The highest BCUT2D eigenvalue weighted by Gasteiger charge is 2.14. The summed E-state index contributed by atoms with van der Waals surface area (Å²) in [6, 6.07) is 2.10. The van der Waals surface area contributed by atoms with Gasteiger partial charge in [0.25, 0.3) is 0 Å². The lowest BCUT2D eigenvalue weighted by Gasteiger charge is -2.06. The molecular weight excluding hydrogens is 344 g/mol. The Morgan fingerprint density at radius 1 is 0.889 bits per heavy atom. The van der Waals surface area contributed by atoms with E-state index >= 15 is 0 Å². The Balaban J connectivity index is 2.42. The summed E-state index contributed by atoms with van der Waals surface area (Å²) in [7, 11) is 0. The minimum Gasteiger partial charge on any atom is -0.504 e. The van der Waals surface area contributed by atoms with Gasteiger partial charge in [-0.15, -0.1) is 0 Å². The van der Waals surface area contributed by atoms with Crippen molar-refractivity contribution in [2.24, 2.45) is 0 Å². The van der Waals surface area contributed by atoms with Gasteiger partial charge in [-0.3, -0.25) is 0 Å². The van der Waals surface area contributed by atoms with Crippen molar-refractivity contribution in [2.45, 2.75) is 53.4 Å². The van der Waals surface area contributed by atoms with Crippen molar-refractivity contribution in [1.29, 1.82) is 0 Å². The molecule has 0 amide bonds. The van der Waals surface area contributed by atoms with Gasteiger partial charge in [0.15, 0.2) is 17.2 Å². The highest BCUT2D eigenvalue weighted by Crippen LogP contribution is 2.35. The number of benzene rings is 1. The lowest BCUT2D eigenvalue weighted by Crippen LogP contribution is -2.05. The Bertz CT molecular complexity index is 714. The molecule has 0 aromatic heterocycles. The highest BCUT2D eigenvalue weighted by atomic mass is 16.5. The first-order chi connectivity index (χ1) is 12.7. The van der Waals surface area contributed by atoms with E-state index in [1.807, 2.05) is 13.0 Å². The molecule has 1 aromatic rings. The molecule has 27 heavy (non-hydrogen) atoms. The molecule has 1 aromatic carbocycles. The average Bonchev–Trinajstić information content (AvgIpc) is 2.58. The summed E-state index contributed by atoms with van der Waals surface area (Å²) in [4.78, 5) is 11.9. The van der Waals surface area contributed by atoms with Crippen LogP contribution in [0, 0.1) is 0 Å². The van der Waals surface area contributed by atoms with Gasteiger partial charge in [0.2, 0.25) is 0 Å². The van der Waals surface area contributed by atoms with E-state index in [1.54, 1.807) is 0 Å². The molecule has 5 heteroatoms. The maximum Gasteiger partial charge on any atom is 0.338 e.